The van der Waals surface area contributed by atoms with Gasteiger partial charge in [-0.15, -0.1) is 0 Å². The summed E-state index contributed by atoms with van der Waals surface area (Å²) >= 11 is 0. The first-order valence-corrected chi connectivity index (χ1v) is 13.3. The highest BCUT2D eigenvalue weighted by Crippen LogP contribution is 2.38. The fourth-order valence-electron chi connectivity index (χ4n) is 5.28. The summed E-state index contributed by atoms with van der Waals surface area (Å²) in [7, 11) is 1.48. The molecule has 12 heteroatoms. The molecule has 3 aliphatic rings. The zero-order valence-electron chi connectivity index (χ0n) is 22.4. The number of phenolic OH excluding ortho intramolecular Hbond substituents is 1. The Morgan fingerprint density at radius 3 is 2.77 bits per heavy atom. The number of benzene rings is 1. The van der Waals surface area contributed by atoms with Crippen molar-refractivity contribution in [3.05, 3.63) is 29.5 Å². The van der Waals surface area contributed by atoms with Crippen molar-refractivity contribution in [2.45, 2.75) is 69.7 Å². The van der Waals surface area contributed by atoms with Crippen LogP contribution in [0.4, 0.5) is 10.6 Å². The molecular weight excluding hydrogens is 506 g/mol. The number of H-pyrrole nitrogens is 1. The monoisotopic (exact) mass is 541 g/mol. The van der Waals surface area contributed by atoms with Gasteiger partial charge in [0.05, 0.1) is 38.0 Å². The van der Waals surface area contributed by atoms with Crippen LogP contribution in [0.15, 0.2) is 23.2 Å². The highest BCUT2D eigenvalue weighted by molar-refractivity contribution is 5.92. The molecule has 0 spiro atoms. The van der Waals surface area contributed by atoms with Crippen molar-refractivity contribution >= 4 is 24.0 Å². The Kier molecular flexibility index (Phi) is 7.92. The number of hydrogen-bond donors (Lipinski definition) is 3. The topological polar surface area (TPSA) is 148 Å². The molecule has 2 amide bonds. The van der Waals surface area contributed by atoms with Crippen LogP contribution in [0.25, 0.3) is 0 Å². The Morgan fingerprint density at radius 1 is 1.26 bits per heavy atom. The first-order valence-electron chi connectivity index (χ1n) is 13.3. The van der Waals surface area contributed by atoms with E-state index in [4.69, 9.17) is 18.9 Å². The van der Waals surface area contributed by atoms with Crippen LogP contribution in [0, 0.1) is 0 Å². The van der Waals surface area contributed by atoms with E-state index in [2.05, 4.69) is 20.5 Å². The molecule has 4 atom stereocenters. The normalized spacial score (nSPS) is 24.1. The van der Waals surface area contributed by atoms with Crippen molar-refractivity contribution in [1.29, 1.82) is 0 Å². The predicted molar refractivity (Wildman–Crippen MR) is 142 cm³/mol. The van der Waals surface area contributed by atoms with Crippen LogP contribution in [-0.2, 0) is 14.3 Å². The lowest BCUT2D eigenvalue weighted by molar-refractivity contribution is -0.118. The zero-order valence-corrected chi connectivity index (χ0v) is 22.4. The molecule has 3 N–H and O–H groups in total. The lowest BCUT2D eigenvalue weighted by atomic mass is 9.92. The van der Waals surface area contributed by atoms with Gasteiger partial charge >= 0.3 is 6.09 Å². The third-order valence-corrected chi connectivity index (χ3v) is 7.31. The van der Waals surface area contributed by atoms with Crippen LogP contribution in [0.2, 0.25) is 0 Å². The first-order chi connectivity index (χ1) is 18.8. The Hall–Kier alpha value is -3.80. The van der Waals surface area contributed by atoms with Crippen LogP contribution in [0.3, 0.4) is 0 Å². The number of hydrogen-bond acceptors (Lipinski definition) is 9. The number of rotatable bonds is 9. The Balaban J connectivity index is 1.13. The van der Waals surface area contributed by atoms with Gasteiger partial charge in [0.15, 0.2) is 12.4 Å². The van der Waals surface area contributed by atoms with E-state index in [0.29, 0.717) is 36.8 Å². The van der Waals surface area contributed by atoms with Crippen molar-refractivity contribution in [2.24, 2.45) is 4.99 Å². The molecule has 5 rings (SSSR count). The lowest BCUT2D eigenvalue weighted by Crippen LogP contribution is -2.65. The van der Waals surface area contributed by atoms with Crippen LogP contribution < -0.4 is 14.8 Å². The number of aliphatic imine (C=N–C) groups is 1. The van der Waals surface area contributed by atoms with Gasteiger partial charge in [0.25, 0.3) is 5.91 Å². The van der Waals surface area contributed by atoms with Crippen LogP contribution in [0.5, 0.6) is 17.2 Å². The largest absolute Gasteiger partial charge is 0.507 e. The molecule has 3 heterocycles. The third kappa shape index (κ3) is 6.11. The first kappa shape index (κ1) is 26.8. The molecule has 1 aromatic heterocycles. The number of phenols is 1. The molecule has 2 aliphatic heterocycles. The van der Waals surface area contributed by atoms with E-state index in [1.807, 2.05) is 18.7 Å². The van der Waals surface area contributed by atoms with Gasteiger partial charge in [0.2, 0.25) is 0 Å². The molecule has 0 radical (unpaired) electrons. The number of amides is 2. The minimum absolute atomic E-state index is 0.0222. The van der Waals surface area contributed by atoms with Gasteiger partial charge in [-0.3, -0.25) is 19.8 Å². The third-order valence-electron chi connectivity index (χ3n) is 7.31. The summed E-state index contributed by atoms with van der Waals surface area (Å²) < 4.78 is 22.1. The number of aromatic amines is 1. The summed E-state index contributed by atoms with van der Waals surface area (Å²) in [6.07, 6.45) is 4.45. The van der Waals surface area contributed by atoms with E-state index in [9.17, 15) is 14.7 Å². The molecule has 210 valence electrons. The number of nitrogens with zero attached hydrogens (tertiary/aromatic N) is 3. The number of carbonyl (C=O) groups excluding carboxylic acids is 2. The van der Waals surface area contributed by atoms with Crippen LogP contribution in [0.1, 0.15) is 56.7 Å². The van der Waals surface area contributed by atoms with E-state index in [0.717, 1.165) is 25.0 Å². The maximum atomic E-state index is 12.6. The molecular formula is C27H35N5O7. The Bertz CT molecular complexity index is 1220. The summed E-state index contributed by atoms with van der Waals surface area (Å²) in [5.74, 6) is 0.721. The molecule has 3 fully saturated rings. The number of fused-ring (bicyclic) bond motifs is 2. The van der Waals surface area contributed by atoms with Crippen molar-refractivity contribution in [2.75, 3.05) is 32.2 Å². The second-order valence-electron chi connectivity index (χ2n) is 10.5. The Morgan fingerprint density at radius 2 is 2.05 bits per heavy atom. The number of anilines is 1. The summed E-state index contributed by atoms with van der Waals surface area (Å²) in [4.78, 5) is 31.3. The molecule has 1 aromatic carbocycles. The van der Waals surface area contributed by atoms with Crippen LogP contribution in [-0.4, -0.2) is 89.6 Å². The number of methoxy groups -OCH3 is 1. The summed E-state index contributed by atoms with van der Waals surface area (Å²) in [6, 6.07) is 5.15. The number of aromatic hydroxyl groups is 1. The van der Waals surface area contributed by atoms with Gasteiger partial charge in [0, 0.05) is 42.1 Å². The molecule has 2 saturated heterocycles. The number of aromatic nitrogens is 2. The molecule has 2 unspecified atom stereocenters. The predicted octanol–water partition coefficient (Wildman–Crippen LogP) is 3.21. The summed E-state index contributed by atoms with van der Waals surface area (Å²) in [5, 5.41) is 20.3. The molecule has 2 bridgehead atoms. The van der Waals surface area contributed by atoms with Crippen molar-refractivity contribution in [3.8, 4) is 17.2 Å². The zero-order chi connectivity index (χ0) is 27.5. The fourth-order valence-corrected chi connectivity index (χ4v) is 5.28. The standard InChI is InChI=1S/C27H35N5O7/c1-15(2)28-11-21-23(33)8-20(36-3)9-24(21)38-14-26(34)29-25-10-22(30-31-25)16-4-5-19(6-16)39-27(35)32-17-7-18(32)13-37-12-17/h8-11,15-19,33H,4-7,12-14H2,1-3H3,(H2,29,30,31,34)/b28-11+/t16-,17?,18?,19+/m0/s1. The van der Waals surface area contributed by atoms with Gasteiger partial charge < -0.3 is 29.4 Å². The summed E-state index contributed by atoms with van der Waals surface area (Å²) in [5.41, 5.74) is 1.24. The highest BCUT2D eigenvalue weighted by atomic mass is 16.6. The van der Waals surface area contributed by atoms with Crippen LogP contribution >= 0.6 is 0 Å². The van der Waals surface area contributed by atoms with Crippen molar-refractivity contribution < 1.29 is 33.6 Å². The van der Waals surface area contributed by atoms with Crippen molar-refractivity contribution in [1.82, 2.24) is 15.1 Å². The minimum Gasteiger partial charge on any atom is -0.507 e. The molecule has 1 saturated carbocycles. The summed E-state index contributed by atoms with van der Waals surface area (Å²) in [6.45, 7) is 4.69. The van der Waals surface area contributed by atoms with Gasteiger partial charge in [-0.25, -0.2) is 4.79 Å². The highest BCUT2D eigenvalue weighted by Gasteiger charge is 2.47. The van der Waals surface area contributed by atoms with Gasteiger partial charge in [0.1, 0.15) is 23.4 Å². The second-order valence-corrected chi connectivity index (χ2v) is 10.5. The number of morpholine rings is 1. The number of ether oxygens (including phenoxy) is 4. The molecule has 2 aromatic rings. The molecule has 12 nitrogen and oxygen atoms in total. The number of nitrogens with one attached hydrogen (secondary N) is 2. The smallest absolute Gasteiger partial charge is 0.410 e. The van der Waals surface area contributed by atoms with E-state index in [1.165, 1.54) is 19.4 Å². The second kappa shape index (κ2) is 11.5. The lowest BCUT2D eigenvalue weighted by Gasteiger charge is -2.51. The molecule has 1 aliphatic carbocycles. The van der Waals surface area contributed by atoms with Gasteiger partial charge in [-0.2, -0.15) is 5.10 Å². The van der Waals surface area contributed by atoms with E-state index in [-0.39, 0.29) is 54.3 Å². The Labute approximate surface area is 226 Å². The van der Waals surface area contributed by atoms with Crippen molar-refractivity contribution in [3.63, 3.8) is 0 Å². The minimum atomic E-state index is -0.413. The SMILES string of the molecule is COc1cc(O)c(/C=N/C(C)C)c(OCC(=O)Nc2cc([C@H]3CC[C@@H](OC(=O)N4C5COCC4C5)C3)[nH]n2)c1. The number of carbonyl (C=O) groups is 2. The quantitative estimate of drug-likeness (QED) is 0.410. The van der Waals surface area contributed by atoms with E-state index < -0.39 is 5.91 Å². The van der Waals surface area contributed by atoms with E-state index >= 15 is 0 Å². The average Bonchev–Trinajstić information content (AvgIpc) is 3.56. The van der Waals surface area contributed by atoms with Gasteiger partial charge in [-0.1, -0.05) is 0 Å². The maximum Gasteiger partial charge on any atom is 0.410 e. The molecule has 39 heavy (non-hydrogen) atoms. The van der Waals surface area contributed by atoms with Gasteiger partial charge in [-0.05, 0) is 39.5 Å². The maximum absolute atomic E-state index is 12.6. The average molecular weight is 542 g/mol. The van der Waals surface area contributed by atoms with E-state index in [1.54, 1.807) is 12.1 Å². The fraction of sp³-hybridized carbons (Fsp3) is 0.556.